The fourth-order valence-corrected chi connectivity index (χ4v) is 3.15. The number of amides is 1. The number of rotatable bonds is 3. The van der Waals surface area contributed by atoms with E-state index in [2.05, 4.69) is 0 Å². The SMILES string of the molecule is CC(c1cc2ccccc2o1)N(C)C(=O)C1CCCC1N. The van der Waals surface area contributed by atoms with Gasteiger partial charge in [0.1, 0.15) is 11.3 Å². The van der Waals surface area contributed by atoms with Crippen molar-refractivity contribution in [2.45, 2.75) is 38.3 Å². The van der Waals surface area contributed by atoms with Crippen LogP contribution < -0.4 is 5.73 Å². The Bertz CT molecular complexity index is 616. The van der Waals surface area contributed by atoms with Gasteiger partial charge in [0, 0.05) is 18.5 Å². The molecule has 4 heteroatoms. The minimum Gasteiger partial charge on any atom is -0.459 e. The van der Waals surface area contributed by atoms with Crippen molar-refractivity contribution in [3.63, 3.8) is 0 Å². The van der Waals surface area contributed by atoms with Crippen LogP contribution in [0.5, 0.6) is 0 Å². The van der Waals surface area contributed by atoms with Crippen molar-refractivity contribution in [1.82, 2.24) is 4.90 Å². The first-order valence-electron chi connectivity index (χ1n) is 7.58. The zero-order chi connectivity index (χ0) is 15.0. The summed E-state index contributed by atoms with van der Waals surface area (Å²) in [5.41, 5.74) is 6.91. The number of para-hydroxylation sites is 1. The standard InChI is InChI=1S/C17H22N2O2/c1-11(16-10-12-6-3-4-9-15(12)21-16)19(2)17(20)13-7-5-8-14(13)18/h3-4,6,9-11,13-14H,5,7-8,18H2,1-2H3. The third kappa shape index (κ3) is 2.56. The minimum absolute atomic E-state index is 0.00261. The van der Waals surface area contributed by atoms with Gasteiger partial charge in [-0.2, -0.15) is 0 Å². The van der Waals surface area contributed by atoms with Crippen LogP contribution in [0.15, 0.2) is 34.7 Å². The van der Waals surface area contributed by atoms with E-state index in [0.717, 1.165) is 36.0 Å². The molecule has 3 unspecified atom stereocenters. The molecule has 1 aliphatic rings. The number of carbonyl (C=O) groups is 1. The Morgan fingerprint density at radius 2 is 2.14 bits per heavy atom. The lowest BCUT2D eigenvalue weighted by atomic mass is 10.0. The molecule has 0 aliphatic heterocycles. The molecule has 1 saturated carbocycles. The highest BCUT2D eigenvalue weighted by Gasteiger charge is 2.34. The Balaban J connectivity index is 1.80. The van der Waals surface area contributed by atoms with Crippen LogP contribution in [-0.2, 0) is 4.79 Å². The lowest BCUT2D eigenvalue weighted by Gasteiger charge is -2.27. The van der Waals surface area contributed by atoms with Crippen LogP contribution >= 0.6 is 0 Å². The van der Waals surface area contributed by atoms with Crippen molar-refractivity contribution in [3.05, 3.63) is 36.1 Å². The number of carbonyl (C=O) groups excluding carboxylic acids is 1. The minimum atomic E-state index is -0.0855. The van der Waals surface area contributed by atoms with Gasteiger partial charge in [0.05, 0.1) is 12.0 Å². The first-order valence-corrected chi connectivity index (χ1v) is 7.58. The van der Waals surface area contributed by atoms with E-state index in [9.17, 15) is 4.79 Å². The van der Waals surface area contributed by atoms with Gasteiger partial charge in [-0.1, -0.05) is 24.6 Å². The van der Waals surface area contributed by atoms with Crippen molar-refractivity contribution < 1.29 is 9.21 Å². The maximum Gasteiger partial charge on any atom is 0.227 e. The molecule has 3 rings (SSSR count). The molecule has 1 aromatic carbocycles. The van der Waals surface area contributed by atoms with Gasteiger partial charge in [-0.05, 0) is 31.9 Å². The van der Waals surface area contributed by atoms with Gasteiger partial charge in [-0.15, -0.1) is 0 Å². The second-order valence-corrected chi connectivity index (χ2v) is 6.01. The third-order valence-corrected chi connectivity index (χ3v) is 4.67. The maximum atomic E-state index is 12.6. The summed E-state index contributed by atoms with van der Waals surface area (Å²) in [5.74, 6) is 0.911. The van der Waals surface area contributed by atoms with E-state index in [1.165, 1.54) is 0 Å². The second kappa shape index (κ2) is 5.53. The van der Waals surface area contributed by atoms with Gasteiger partial charge in [-0.25, -0.2) is 0 Å². The van der Waals surface area contributed by atoms with Crippen molar-refractivity contribution in [1.29, 1.82) is 0 Å². The zero-order valence-corrected chi connectivity index (χ0v) is 12.6. The highest BCUT2D eigenvalue weighted by atomic mass is 16.3. The molecule has 2 N–H and O–H groups in total. The molecule has 1 aliphatic carbocycles. The number of fused-ring (bicyclic) bond motifs is 1. The summed E-state index contributed by atoms with van der Waals surface area (Å²) in [6.45, 7) is 2.00. The van der Waals surface area contributed by atoms with Crippen LogP contribution in [-0.4, -0.2) is 23.9 Å². The smallest absolute Gasteiger partial charge is 0.227 e. The fraction of sp³-hybridized carbons (Fsp3) is 0.471. The highest BCUT2D eigenvalue weighted by Crippen LogP contribution is 2.31. The predicted molar refractivity (Wildman–Crippen MR) is 82.7 cm³/mol. The van der Waals surface area contributed by atoms with E-state index in [4.69, 9.17) is 10.2 Å². The molecule has 0 saturated heterocycles. The van der Waals surface area contributed by atoms with Crippen LogP contribution in [0.1, 0.15) is 38.0 Å². The molecule has 1 fully saturated rings. The molecule has 3 atom stereocenters. The van der Waals surface area contributed by atoms with Crippen molar-refractivity contribution >= 4 is 16.9 Å². The monoisotopic (exact) mass is 286 g/mol. The van der Waals surface area contributed by atoms with Crippen LogP contribution in [0.2, 0.25) is 0 Å². The largest absolute Gasteiger partial charge is 0.459 e. The molecule has 112 valence electrons. The molecule has 1 amide bonds. The number of benzene rings is 1. The summed E-state index contributed by atoms with van der Waals surface area (Å²) >= 11 is 0. The van der Waals surface area contributed by atoms with E-state index in [-0.39, 0.29) is 23.9 Å². The quantitative estimate of drug-likeness (QED) is 0.943. The predicted octanol–water partition coefficient (Wildman–Crippen LogP) is 3.08. The van der Waals surface area contributed by atoms with Crippen LogP contribution in [0, 0.1) is 5.92 Å². The molecule has 4 nitrogen and oxygen atoms in total. The van der Waals surface area contributed by atoms with Crippen molar-refractivity contribution in [2.75, 3.05) is 7.05 Å². The highest BCUT2D eigenvalue weighted by molar-refractivity contribution is 5.81. The van der Waals surface area contributed by atoms with E-state index < -0.39 is 0 Å². The molecule has 1 heterocycles. The Morgan fingerprint density at radius 1 is 1.38 bits per heavy atom. The molecule has 21 heavy (non-hydrogen) atoms. The maximum absolute atomic E-state index is 12.6. The van der Waals surface area contributed by atoms with Crippen LogP contribution in [0.4, 0.5) is 0 Å². The van der Waals surface area contributed by atoms with Gasteiger partial charge in [-0.3, -0.25) is 4.79 Å². The summed E-state index contributed by atoms with van der Waals surface area (Å²) in [5, 5.41) is 1.07. The number of nitrogens with two attached hydrogens (primary N) is 1. The topological polar surface area (TPSA) is 59.5 Å². The number of nitrogens with zero attached hydrogens (tertiary/aromatic N) is 1. The van der Waals surface area contributed by atoms with E-state index >= 15 is 0 Å². The third-order valence-electron chi connectivity index (χ3n) is 4.67. The van der Waals surface area contributed by atoms with Gasteiger partial charge in [0.15, 0.2) is 0 Å². The summed E-state index contributed by atoms with van der Waals surface area (Å²) in [4.78, 5) is 14.4. The number of hydrogen-bond acceptors (Lipinski definition) is 3. The van der Waals surface area contributed by atoms with Crippen LogP contribution in [0.25, 0.3) is 11.0 Å². The first kappa shape index (κ1) is 14.1. The Morgan fingerprint density at radius 3 is 2.81 bits per heavy atom. The lowest BCUT2D eigenvalue weighted by molar-refractivity contribution is -0.136. The molecule has 1 aromatic heterocycles. The summed E-state index contributed by atoms with van der Waals surface area (Å²) in [7, 11) is 1.84. The number of furan rings is 1. The summed E-state index contributed by atoms with van der Waals surface area (Å²) < 4.78 is 5.87. The van der Waals surface area contributed by atoms with Gasteiger partial charge in [0.2, 0.25) is 5.91 Å². The Kier molecular flexibility index (Phi) is 3.72. The summed E-state index contributed by atoms with van der Waals surface area (Å²) in [6.07, 6.45) is 2.89. The van der Waals surface area contributed by atoms with E-state index in [1.807, 2.05) is 44.3 Å². The first-order chi connectivity index (χ1) is 10.1. The van der Waals surface area contributed by atoms with Crippen molar-refractivity contribution in [3.8, 4) is 0 Å². The normalized spacial score (nSPS) is 23.4. The van der Waals surface area contributed by atoms with E-state index in [0.29, 0.717) is 0 Å². The molecule has 2 aromatic rings. The average Bonchev–Trinajstić information content (AvgIpc) is 3.10. The molecular weight excluding hydrogens is 264 g/mol. The number of hydrogen-bond donors (Lipinski definition) is 1. The molecule has 0 bridgehead atoms. The Labute approximate surface area is 124 Å². The molecule has 0 spiro atoms. The van der Waals surface area contributed by atoms with Crippen LogP contribution in [0.3, 0.4) is 0 Å². The summed E-state index contributed by atoms with van der Waals surface area (Å²) in [6, 6.07) is 9.83. The van der Waals surface area contributed by atoms with Crippen molar-refractivity contribution in [2.24, 2.45) is 11.7 Å². The Hall–Kier alpha value is -1.81. The van der Waals surface area contributed by atoms with Gasteiger partial charge in [0.25, 0.3) is 0 Å². The fourth-order valence-electron chi connectivity index (χ4n) is 3.15. The zero-order valence-electron chi connectivity index (χ0n) is 12.6. The van der Waals surface area contributed by atoms with Gasteiger partial charge >= 0.3 is 0 Å². The molecular formula is C17H22N2O2. The lowest BCUT2D eigenvalue weighted by Crippen LogP contribution is -2.40. The second-order valence-electron chi connectivity index (χ2n) is 6.01. The van der Waals surface area contributed by atoms with E-state index in [1.54, 1.807) is 4.90 Å². The van der Waals surface area contributed by atoms with Gasteiger partial charge < -0.3 is 15.1 Å². The molecule has 0 radical (unpaired) electrons. The average molecular weight is 286 g/mol.